The Hall–Kier alpha value is -1.66. The summed E-state index contributed by atoms with van der Waals surface area (Å²) in [6.07, 6.45) is 2.16. The fourth-order valence-electron chi connectivity index (χ4n) is 2.99. The van der Waals surface area contributed by atoms with Crippen LogP contribution in [-0.2, 0) is 0 Å². The number of hydrogen-bond acceptors (Lipinski definition) is 2. The molecule has 2 fully saturated rings. The van der Waals surface area contributed by atoms with E-state index in [1.54, 1.807) is 23.1 Å². The molecule has 2 aliphatic rings. The zero-order valence-electron chi connectivity index (χ0n) is 13.3. The van der Waals surface area contributed by atoms with E-state index in [1.807, 2.05) is 9.80 Å². The number of halogens is 2. The summed E-state index contributed by atoms with van der Waals surface area (Å²) in [4.78, 5) is 30.1. The number of benzene rings is 1. The van der Waals surface area contributed by atoms with E-state index in [2.05, 4.69) is 5.32 Å². The number of urea groups is 2. The standard InChI is InChI=1S/C16H20Cl2N4O2/c17-13-4-3-12(11-14(13)18)19-15(23)20-7-9-22(10-8-20)16(24)21-5-1-2-6-21/h3-4,11H,1-2,5-10H2,(H,19,23). The Bertz CT molecular complexity index is 627. The van der Waals surface area contributed by atoms with E-state index in [0.717, 1.165) is 25.9 Å². The van der Waals surface area contributed by atoms with Gasteiger partial charge in [0, 0.05) is 45.0 Å². The fourth-order valence-corrected chi connectivity index (χ4v) is 3.28. The highest BCUT2D eigenvalue weighted by atomic mass is 35.5. The van der Waals surface area contributed by atoms with Gasteiger partial charge in [-0.25, -0.2) is 9.59 Å². The molecule has 1 aromatic rings. The smallest absolute Gasteiger partial charge is 0.321 e. The first kappa shape index (κ1) is 17.2. The molecule has 2 heterocycles. The van der Waals surface area contributed by atoms with Crippen LogP contribution in [0.3, 0.4) is 0 Å². The second kappa shape index (κ2) is 7.49. The van der Waals surface area contributed by atoms with Crippen molar-refractivity contribution in [2.45, 2.75) is 12.8 Å². The second-order valence-corrected chi connectivity index (χ2v) is 6.82. The van der Waals surface area contributed by atoms with Crippen LogP contribution in [0.2, 0.25) is 10.0 Å². The summed E-state index contributed by atoms with van der Waals surface area (Å²) in [5.74, 6) is 0. The lowest BCUT2D eigenvalue weighted by Gasteiger charge is -2.36. The van der Waals surface area contributed by atoms with Crippen LogP contribution in [0.25, 0.3) is 0 Å². The zero-order valence-corrected chi connectivity index (χ0v) is 14.8. The highest BCUT2D eigenvalue weighted by molar-refractivity contribution is 6.42. The summed E-state index contributed by atoms with van der Waals surface area (Å²) in [5.41, 5.74) is 0.602. The number of rotatable bonds is 1. The molecule has 1 N–H and O–H groups in total. The molecule has 24 heavy (non-hydrogen) atoms. The number of carbonyl (C=O) groups is 2. The van der Waals surface area contributed by atoms with Gasteiger partial charge in [0.15, 0.2) is 0 Å². The average molecular weight is 371 g/mol. The van der Waals surface area contributed by atoms with Crippen molar-refractivity contribution in [2.24, 2.45) is 0 Å². The van der Waals surface area contributed by atoms with Gasteiger partial charge in [-0.3, -0.25) is 0 Å². The van der Waals surface area contributed by atoms with E-state index < -0.39 is 0 Å². The number of amides is 4. The number of anilines is 1. The lowest BCUT2D eigenvalue weighted by Crippen LogP contribution is -2.54. The minimum Gasteiger partial charge on any atom is -0.325 e. The van der Waals surface area contributed by atoms with E-state index in [-0.39, 0.29) is 12.1 Å². The van der Waals surface area contributed by atoms with Crippen molar-refractivity contribution in [3.63, 3.8) is 0 Å². The second-order valence-electron chi connectivity index (χ2n) is 6.01. The monoisotopic (exact) mass is 370 g/mol. The number of piperazine rings is 1. The molecule has 0 radical (unpaired) electrons. The summed E-state index contributed by atoms with van der Waals surface area (Å²) < 4.78 is 0. The molecular formula is C16H20Cl2N4O2. The van der Waals surface area contributed by atoms with Gasteiger partial charge in [0.05, 0.1) is 10.0 Å². The molecule has 130 valence electrons. The third-order valence-electron chi connectivity index (χ3n) is 4.38. The van der Waals surface area contributed by atoms with Crippen LogP contribution in [0.1, 0.15) is 12.8 Å². The highest BCUT2D eigenvalue weighted by Gasteiger charge is 2.28. The third-order valence-corrected chi connectivity index (χ3v) is 5.12. The highest BCUT2D eigenvalue weighted by Crippen LogP contribution is 2.25. The molecule has 1 aromatic carbocycles. The molecule has 0 aromatic heterocycles. The van der Waals surface area contributed by atoms with Gasteiger partial charge in [-0.15, -0.1) is 0 Å². The van der Waals surface area contributed by atoms with Gasteiger partial charge in [-0.05, 0) is 31.0 Å². The summed E-state index contributed by atoms with van der Waals surface area (Å²) in [6.45, 7) is 3.85. The van der Waals surface area contributed by atoms with E-state index in [1.165, 1.54) is 0 Å². The van der Waals surface area contributed by atoms with Crippen molar-refractivity contribution in [3.8, 4) is 0 Å². The molecule has 0 bridgehead atoms. The van der Waals surface area contributed by atoms with Crippen LogP contribution < -0.4 is 5.32 Å². The van der Waals surface area contributed by atoms with Crippen LogP contribution in [-0.4, -0.2) is 66.0 Å². The molecule has 3 rings (SSSR count). The lowest BCUT2D eigenvalue weighted by atomic mass is 10.3. The summed E-state index contributed by atoms with van der Waals surface area (Å²) in [7, 11) is 0. The van der Waals surface area contributed by atoms with Crippen LogP contribution in [0.4, 0.5) is 15.3 Å². The van der Waals surface area contributed by atoms with Crippen molar-refractivity contribution in [1.82, 2.24) is 14.7 Å². The molecule has 2 saturated heterocycles. The largest absolute Gasteiger partial charge is 0.325 e. The van der Waals surface area contributed by atoms with Gasteiger partial charge in [-0.1, -0.05) is 23.2 Å². The minimum atomic E-state index is -0.193. The zero-order chi connectivity index (χ0) is 17.1. The first-order chi connectivity index (χ1) is 11.5. The first-order valence-corrected chi connectivity index (χ1v) is 8.85. The van der Waals surface area contributed by atoms with Gasteiger partial charge in [0.2, 0.25) is 0 Å². The summed E-state index contributed by atoms with van der Waals surface area (Å²) in [6, 6.07) is 4.87. The van der Waals surface area contributed by atoms with Crippen LogP contribution in [0.15, 0.2) is 18.2 Å². The van der Waals surface area contributed by atoms with Crippen molar-refractivity contribution in [3.05, 3.63) is 28.2 Å². The predicted molar refractivity (Wildman–Crippen MR) is 94.8 cm³/mol. The Morgan fingerprint density at radius 2 is 1.42 bits per heavy atom. The van der Waals surface area contributed by atoms with E-state index in [4.69, 9.17) is 23.2 Å². The maximum Gasteiger partial charge on any atom is 0.321 e. The molecule has 0 unspecified atom stereocenters. The van der Waals surface area contributed by atoms with Crippen molar-refractivity contribution in [2.75, 3.05) is 44.6 Å². The maximum absolute atomic E-state index is 12.3. The molecule has 0 atom stereocenters. The Morgan fingerprint density at radius 1 is 0.833 bits per heavy atom. The summed E-state index contributed by atoms with van der Waals surface area (Å²) in [5, 5.41) is 3.66. The summed E-state index contributed by atoms with van der Waals surface area (Å²) >= 11 is 11.8. The topological polar surface area (TPSA) is 55.9 Å². The van der Waals surface area contributed by atoms with Gasteiger partial charge >= 0.3 is 12.1 Å². The number of likely N-dealkylation sites (tertiary alicyclic amines) is 1. The Morgan fingerprint density at radius 3 is 2.04 bits per heavy atom. The Kier molecular flexibility index (Phi) is 5.36. The van der Waals surface area contributed by atoms with Crippen molar-refractivity contribution >= 4 is 41.0 Å². The average Bonchev–Trinajstić information content (AvgIpc) is 3.12. The van der Waals surface area contributed by atoms with E-state index in [0.29, 0.717) is 41.9 Å². The van der Waals surface area contributed by atoms with Crippen LogP contribution in [0, 0.1) is 0 Å². The molecule has 2 aliphatic heterocycles. The molecule has 0 spiro atoms. The lowest BCUT2D eigenvalue weighted by molar-refractivity contribution is 0.128. The predicted octanol–water partition coefficient (Wildman–Crippen LogP) is 3.36. The van der Waals surface area contributed by atoms with Gasteiger partial charge in [-0.2, -0.15) is 0 Å². The van der Waals surface area contributed by atoms with Crippen LogP contribution >= 0.6 is 23.2 Å². The molecule has 0 saturated carbocycles. The number of carbonyl (C=O) groups excluding carboxylic acids is 2. The Labute approximate surface area is 151 Å². The molecule has 6 nitrogen and oxygen atoms in total. The van der Waals surface area contributed by atoms with Gasteiger partial charge < -0.3 is 20.0 Å². The Balaban J connectivity index is 1.51. The normalized spacial score (nSPS) is 18.0. The minimum absolute atomic E-state index is 0.0945. The van der Waals surface area contributed by atoms with Crippen molar-refractivity contribution < 1.29 is 9.59 Å². The van der Waals surface area contributed by atoms with Gasteiger partial charge in [0.25, 0.3) is 0 Å². The van der Waals surface area contributed by atoms with Gasteiger partial charge in [0.1, 0.15) is 0 Å². The molecule has 0 aliphatic carbocycles. The van der Waals surface area contributed by atoms with E-state index >= 15 is 0 Å². The molecular weight excluding hydrogens is 351 g/mol. The number of nitrogens with zero attached hydrogens (tertiary/aromatic N) is 3. The first-order valence-electron chi connectivity index (χ1n) is 8.09. The van der Waals surface area contributed by atoms with Crippen LogP contribution in [0.5, 0.6) is 0 Å². The fraction of sp³-hybridized carbons (Fsp3) is 0.500. The van der Waals surface area contributed by atoms with E-state index in [9.17, 15) is 9.59 Å². The number of hydrogen-bond donors (Lipinski definition) is 1. The maximum atomic E-state index is 12.3. The third kappa shape index (κ3) is 3.87. The quantitative estimate of drug-likeness (QED) is 0.823. The van der Waals surface area contributed by atoms with Crippen molar-refractivity contribution in [1.29, 1.82) is 0 Å². The number of nitrogens with one attached hydrogen (secondary N) is 1. The SMILES string of the molecule is O=C(Nc1ccc(Cl)c(Cl)c1)N1CCN(C(=O)N2CCCC2)CC1. The molecule has 4 amide bonds. The molecule has 8 heteroatoms.